The molecule has 3 atom stereocenters. The third-order valence-corrected chi connectivity index (χ3v) is 5.22. The first-order chi connectivity index (χ1) is 10.5. The van der Waals surface area contributed by atoms with Crippen molar-refractivity contribution >= 4 is 29.1 Å². The van der Waals surface area contributed by atoms with Crippen LogP contribution in [0.4, 0.5) is 0 Å². The fraction of sp³-hybridized carbons (Fsp3) is 0.562. The SMILES string of the molecule is O=C(NCC1CC(O)CN1Cc1ccccc1)C1CC1(Cl)Cl. The largest absolute Gasteiger partial charge is 0.392 e. The number of carbonyl (C=O) groups is 1. The Bertz CT molecular complexity index is 538. The van der Waals surface area contributed by atoms with Crippen LogP contribution >= 0.6 is 23.2 Å². The zero-order valence-corrected chi connectivity index (χ0v) is 13.7. The van der Waals surface area contributed by atoms with Crippen molar-refractivity contribution < 1.29 is 9.90 Å². The Morgan fingerprint density at radius 2 is 2.05 bits per heavy atom. The van der Waals surface area contributed by atoms with Crippen molar-refractivity contribution in [3.63, 3.8) is 0 Å². The molecule has 0 spiro atoms. The molecular formula is C16H20Cl2N2O2. The van der Waals surface area contributed by atoms with Crippen LogP contribution in [0, 0.1) is 5.92 Å². The number of hydrogen-bond acceptors (Lipinski definition) is 3. The van der Waals surface area contributed by atoms with Gasteiger partial charge in [-0.1, -0.05) is 30.3 Å². The van der Waals surface area contributed by atoms with E-state index in [0.717, 1.165) is 6.54 Å². The predicted octanol–water partition coefficient (Wildman–Crippen LogP) is 1.93. The van der Waals surface area contributed by atoms with E-state index in [1.54, 1.807) is 0 Å². The van der Waals surface area contributed by atoms with Crippen LogP contribution in [0.5, 0.6) is 0 Å². The number of carbonyl (C=O) groups excluding carboxylic acids is 1. The number of halogens is 2. The minimum Gasteiger partial charge on any atom is -0.392 e. The number of aliphatic hydroxyl groups excluding tert-OH is 1. The molecule has 1 heterocycles. The van der Waals surface area contributed by atoms with Gasteiger partial charge in [0.25, 0.3) is 0 Å². The highest BCUT2D eigenvalue weighted by Gasteiger charge is 2.56. The normalized spacial score (nSPS) is 30.2. The van der Waals surface area contributed by atoms with Crippen LogP contribution in [0.1, 0.15) is 18.4 Å². The average Bonchev–Trinajstić information content (AvgIpc) is 2.98. The molecule has 2 aliphatic rings. The van der Waals surface area contributed by atoms with Crippen molar-refractivity contribution in [2.75, 3.05) is 13.1 Å². The lowest BCUT2D eigenvalue weighted by Crippen LogP contribution is -2.40. The number of alkyl halides is 2. The summed E-state index contributed by atoms with van der Waals surface area (Å²) in [5.41, 5.74) is 1.20. The highest BCUT2D eigenvalue weighted by atomic mass is 35.5. The Morgan fingerprint density at radius 3 is 2.68 bits per heavy atom. The molecule has 4 nitrogen and oxygen atoms in total. The maximum Gasteiger partial charge on any atom is 0.226 e. The Labute approximate surface area is 140 Å². The van der Waals surface area contributed by atoms with Crippen LogP contribution in [-0.4, -0.2) is 45.5 Å². The lowest BCUT2D eigenvalue weighted by molar-refractivity contribution is -0.122. The quantitative estimate of drug-likeness (QED) is 0.804. The highest BCUT2D eigenvalue weighted by molar-refractivity contribution is 6.52. The molecular weight excluding hydrogens is 323 g/mol. The average molecular weight is 343 g/mol. The number of rotatable bonds is 5. The number of nitrogens with zero attached hydrogens (tertiary/aromatic N) is 1. The molecule has 6 heteroatoms. The first-order valence-electron chi connectivity index (χ1n) is 7.57. The Kier molecular flexibility index (Phi) is 4.64. The van der Waals surface area contributed by atoms with E-state index in [-0.39, 0.29) is 24.0 Å². The smallest absolute Gasteiger partial charge is 0.226 e. The maximum absolute atomic E-state index is 12.0. The van der Waals surface area contributed by atoms with Gasteiger partial charge in [-0.3, -0.25) is 9.69 Å². The van der Waals surface area contributed by atoms with Gasteiger partial charge in [0.05, 0.1) is 12.0 Å². The van der Waals surface area contributed by atoms with E-state index in [4.69, 9.17) is 23.2 Å². The van der Waals surface area contributed by atoms with Gasteiger partial charge in [0, 0.05) is 25.7 Å². The predicted molar refractivity (Wildman–Crippen MR) is 86.8 cm³/mol. The summed E-state index contributed by atoms with van der Waals surface area (Å²) < 4.78 is -0.886. The number of nitrogens with one attached hydrogen (secondary N) is 1. The molecule has 1 aliphatic heterocycles. The molecule has 1 aliphatic carbocycles. The molecule has 1 aromatic carbocycles. The molecule has 1 saturated heterocycles. The number of aliphatic hydroxyl groups is 1. The van der Waals surface area contributed by atoms with Crippen molar-refractivity contribution in [3.05, 3.63) is 35.9 Å². The summed E-state index contributed by atoms with van der Waals surface area (Å²) in [6, 6.07) is 10.3. The van der Waals surface area contributed by atoms with Crippen LogP contribution in [-0.2, 0) is 11.3 Å². The lowest BCUT2D eigenvalue weighted by atomic mass is 10.1. The minimum atomic E-state index is -0.886. The summed E-state index contributed by atoms with van der Waals surface area (Å²) in [5, 5.41) is 12.8. The third kappa shape index (κ3) is 3.74. The lowest BCUT2D eigenvalue weighted by Gasteiger charge is -2.24. The monoisotopic (exact) mass is 342 g/mol. The standard InChI is InChI=1S/C16H20Cl2N2O2/c17-16(18)7-14(16)15(22)19-8-12-6-13(21)10-20(12)9-11-4-2-1-3-5-11/h1-5,12-14,21H,6-10H2,(H,19,22). The summed E-state index contributed by atoms with van der Waals surface area (Å²) in [7, 11) is 0. The fourth-order valence-corrected chi connectivity index (χ4v) is 3.53. The zero-order chi connectivity index (χ0) is 15.7. The highest BCUT2D eigenvalue weighted by Crippen LogP contribution is 2.53. The summed E-state index contributed by atoms with van der Waals surface area (Å²) in [6.45, 7) is 1.92. The summed E-state index contributed by atoms with van der Waals surface area (Å²) in [4.78, 5) is 14.2. The van der Waals surface area contributed by atoms with E-state index in [1.807, 2.05) is 18.2 Å². The van der Waals surface area contributed by atoms with Crippen LogP contribution in [0.3, 0.4) is 0 Å². The van der Waals surface area contributed by atoms with E-state index in [9.17, 15) is 9.90 Å². The van der Waals surface area contributed by atoms with Gasteiger partial charge in [0.2, 0.25) is 5.91 Å². The number of amides is 1. The molecule has 1 amide bonds. The number of likely N-dealkylation sites (tertiary alicyclic amines) is 1. The van der Waals surface area contributed by atoms with Gasteiger partial charge in [0.15, 0.2) is 0 Å². The minimum absolute atomic E-state index is 0.0916. The topological polar surface area (TPSA) is 52.6 Å². The van der Waals surface area contributed by atoms with Gasteiger partial charge in [0.1, 0.15) is 4.33 Å². The van der Waals surface area contributed by atoms with Crippen molar-refractivity contribution in [3.8, 4) is 0 Å². The van der Waals surface area contributed by atoms with E-state index in [0.29, 0.717) is 25.9 Å². The van der Waals surface area contributed by atoms with Gasteiger partial charge in [-0.05, 0) is 18.4 Å². The zero-order valence-electron chi connectivity index (χ0n) is 12.2. The van der Waals surface area contributed by atoms with Gasteiger partial charge in [-0.15, -0.1) is 23.2 Å². The first-order valence-corrected chi connectivity index (χ1v) is 8.33. The Morgan fingerprint density at radius 1 is 1.36 bits per heavy atom. The fourth-order valence-electron chi connectivity index (χ4n) is 3.02. The molecule has 22 heavy (non-hydrogen) atoms. The number of hydrogen-bond donors (Lipinski definition) is 2. The molecule has 2 fully saturated rings. The molecule has 2 N–H and O–H groups in total. The maximum atomic E-state index is 12.0. The number of benzene rings is 1. The van der Waals surface area contributed by atoms with Crippen molar-refractivity contribution in [1.82, 2.24) is 10.2 Å². The Hall–Kier alpha value is -0.810. The van der Waals surface area contributed by atoms with Crippen molar-refractivity contribution in [2.45, 2.75) is 35.9 Å². The molecule has 3 rings (SSSR count). The van der Waals surface area contributed by atoms with E-state index in [1.165, 1.54) is 5.56 Å². The van der Waals surface area contributed by atoms with Crippen LogP contribution in [0.2, 0.25) is 0 Å². The van der Waals surface area contributed by atoms with Crippen molar-refractivity contribution in [2.24, 2.45) is 5.92 Å². The second-order valence-electron chi connectivity index (χ2n) is 6.22. The summed E-state index contributed by atoms with van der Waals surface area (Å²) in [5.74, 6) is -0.393. The van der Waals surface area contributed by atoms with E-state index < -0.39 is 4.33 Å². The van der Waals surface area contributed by atoms with E-state index in [2.05, 4.69) is 22.3 Å². The molecule has 0 aromatic heterocycles. The van der Waals surface area contributed by atoms with Crippen LogP contribution in [0.15, 0.2) is 30.3 Å². The second kappa shape index (κ2) is 6.36. The second-order valence-corrected chi connectivity index (χ2v) is 7.76. The molecule has 1 saturated carbocycles. The van der Waals surface area contributed by atoms with Gasteiger partial charge in [-0.2, -0.15) is 0 Å². The van der Waals surface area contributed by atoms with Crippen molar-refractivity contribution in [1.29, 1.82) is 0 Å². The first kappa shape index (κ1) is 16.1. The van der Waals surface area contributed by atoms with Gasteiger partial charge < -0.3 is 10.4 Å². The van der Waals surface area contributed by atoms with Gasteiger partial charge in [-0.25, -0.2) is 0 Å². The summed E-state index contributed by atoms with van der Waals surface area (Å²) >= 11 is 11.8. The van der Waals surface area contributed by atoms with Gasteiger partial charge >= 0.3 is 0 Å². The molecule has 120 valence electrons. The number of β-amino-alcohol motifs (C(OH)–C–C–N with tert-alkyl or cyclic N) is 1. The summed E-state index contributed by atoms with van der Waals surface area (Å²) in [6.07, 6.45) is 0.847. The van der Waals surface area contributed by atoms with Crippen LogP contribution < -0.4 is 5.32 Å². The third-order valence-electron chi connectivity index (χ3n) is 4.39. The molecule has 0 bridgehead atoms. The Balaban J connectivity index is 1.54. The molecule has 0 radical (unpaired) electrons. The molecule has 1 aromatic rings. The van der Waals surface area contributed by atoms with E-state index >= 15 is 0 Å². The van der Waals surface area contributed by atoms with Crippen LogP contribution in [0.25, 0.3) is 0 Å². The molecule has 3 unspecified atom stereocenters.